The number of hydrogen-bond acceptors (Lipinski definition) is 7. The van der Waals surface area contributed by atoms with E-state index in [0.717, 1.165) is 0 Å². The van der Waals surface area contributed by atoms with Gasteiger partial charge in [-0.25, -0.2) is 9.78 Å². The van der Waals surface area contributed by atoms with Crippen LogP contribution in [0, 0.1) is 5.92 Å². The predicted octanol–water partition coefficient (Wildman–Crippen LogP) is 4.25. The highest BCUT2D eigenvalue weighted by molar-refractivity contribution is 5.95. The summed E-state index contributed by atoms with van der Waals surface area (Å²) in [5, 5.41) is 0. The van der Waals surface area contributed by atoms with Crippen molar-refractivity contribution in [3.8, 4) is 5.75 Å². The quantitative estimate of drug-likeness (QED) is 0.378. The average molecular weight is 606 g/mol. The SMILES string of the molecule is CCCN(C(=O)c1nc2ccccn2c1COc1ccccc1)[C@H]1C[C@@H](C(=O)N2CCOCC2)CN(C(=O)OC(C)(C)C)C1. The van der Waals surface area contributed by atoms with Crippen LogP contribution in [0.1, 0.15) is 56.7 Å². The molecule has 0 aliphatic carbocycles. The first kappa shape index (κ1) is 31.3. The number of carbonyl (C=O) groups excluding carboxylic acids is 3. The molecule has 2 aromatic heterocycles. The summed E-state index contributed by atoms with van der Waals surface area (Å²) < 4.78 is 19.1. The molecule has 2 saturated heterocycles. The number of likely N-dealkylation sites (tertiary alicyclic amines) is 1. The number of pyridine rings is 1. The van der Waals surface area contributed by atoms with Crippen LogP contribution in [0.2, 0.25) is 0 Å². The number of benzene rings is 1. The van der Waals surface area contributed by atoms with E-state index in [1.165, 1.54) is 0 Å². The molecule has 0 unspecified atom stereocenters. The van der Waals surface area contributed by atoms with Gasteiger partial charge in [0.2, 0.25) is 5.91 Å². The van der Waals surface area contributed by atoms with Gasteiger partial charge in [-0.05, 0) is 57.9 Å². The molecule has 11 nitrogen and oxygen atoms in total. The maximum Gasteiger partial charge on any atom is 0.410 e. The fraction of sp³-hybridized carbons (Fsp3) is 0.515. The monoisotopic (exact) mass is 605 g/mol. The van der Waals surface area contributed by atoms with E-state index in [9.17, 15) is 14.4 Å². The molecule has 4 heterocycles. The molecule has 44 heavy (non-hydrogen) atoms. The van der Waals surface area contributed by atoms with Crippen molar-refractivity contribution in [2.24, 2.45) is 5.92 Å². The number of para-hydroxylation sites is 1. The highest BCUT2D eigenvalue weighted by atomic mass is 16.6. The number of ether oxygens (including phenoxy) is 3. The molecule has 5 rings (SSSR count). The van der Waals surface area contributed by atoms with Gasteiger partial charge in [-0.3, -0.25) is 14.0 Å². The summed E-state index contributed by atoms with van der Waals surface area (Å²) in [5.41, 5.74) is 0.873. The Morgan fingerprint density at radius 2 is 1.73 bits per heavy atom. The van der Waals surface area contributed by atoms with Gasteiger partial charge in [0.05, 0.1) is 30.9 Å². The number of carbonyl (C=O) groups is 3. The molecule has 3 amide bonds. The van der Waals surface area contributed by atoms with Gasteiger partial charge >= 0.3 is 6.09 Å². The second kappa shape index (κ2) is 13.7. The van der Waals surface area contributed by atoms with Gasteiger partial charge in [-0.2, -0.15) is 0 Å². The normalized spacial score (nSPS) is 19.1. The molecule has 0 saturated carbocycles. The standard InChI is InChI=1S/C33H43N5O6/c1-5-14-37(31(40)29-27(23-43-26-11-7-6-8-12-26)38-15-10-9-13-28(38)34-29)25-20-24(30(39)35-16-18-42-19-17-35)21-36(22-25)32(41)44-33(2,3)4/h6-13,15,24-25H,5,14,16-23H2,1-4H3/t24-,25+/m1/s1. The van der Waals surface area contributed by atoms with Gasteiger partial charge in [-0.1, -0.05) is 31.2 Å². The van der Waals surface area contributed by atoms with Crippen molar-refractivity contribution in [2.75, 3.05) is 45.9 Å². The number of amides is 3. The molecule has 0 radical (unpaired) electrons. The van der Waals surface area contributed by atoms with E-state index in [1.54, 1.807) is 14.7 Å². The van der Waals surface area contributed by atoms with Crippen molar-refractivity contribution < 1.29 is 28.6 Å². The highest BCUT2D eigenvalue weighted by Gasteiger charge is 2.41. The maximum atomic E-state index is 14.5. The molecule has 0 bridgehead atoms. The minimum Gasteiger partial charge on any atom is -0.487 e. The molecule has 236 valence electrons. The van der Waals surface area contributed by atoms with Gasteiger partial charge in [0.1, 0.15) is 23.6 Å². The zero-order valence-electron chi connectivity index (χ0n) is 26.1. The van der Waals surface area contributed by atoms with Gasteiger partial charge in [0.15, 0.2) is 5.69 Å². The Labute approximate surface area is 258 Å². The summed E-state index contributed by atoms with van der Waals surface area (Å²) >= 11 is 0. The molecule has 2 aliphatic heterocycles. The summed E-state index contributed by atoms with van der Waals surface area (Å²) in [6, 6.07) is 14.7. The van der Waals surface area contributed by atoms with E-state index >= 15 is 0 Å². The third kappa shape index (κ3) is 7.32. The minimum atomic E-state index is -0.698. The smallest absolute Gasteiger partial charge is 0.410 e. The van der Waals surface area contributed by atoms with Crippen molar-refractivity contribution >= 4 is 23.6 Å². The number of morpholine rings is 1. The number of fused-ring (bicyclic) bond motifs is 1. The van der Waals surface area contributed by atoms with Crippen LogP contribution in [-0.4, -0.2) is 99.6 Å². The lowest BCUT2D eigenvalue weighted by Crippen LogP contribution is -2.58. The van der Waals surface area contributed by atoms with E-state index in [1.807, 2.05) is 86.8 Å². The average Bonchev–Trinajstić information content (AvgIpc) is 3.40. The Hall–Kier alpha value is -4.12. The Bertz CT molecular complexity index is 1450. The summed E-state index contributed by atoms with van der Waals surface area (Å²) in [6.07, 6.45) is 2.51. The van der Waals surface area contributed by atoms with Gasteiger partial charge < -0.3 is 28.9 Å². The molecule has 0 N–H and O–H groups in total. The van der Waals surface area contributed by atoms with E-state index < -0.39 is 23.7 Å². The molecule has 2 fully saturated rings. The third-order valence-electron chi connectivity index (χ3n) is 7.87. The summed E-state index contributed by atoms with van der Waals surface area (Å²) in [5.74, 6) is -0.0728. The molecular formula is C33H43N5O6. The Kier molecular flexibility index (Phi) is 9.73. The topological polar surface area (TPSA) is 106 Å². The van der Waals surface area contributed by atoms with Crippen molar-refractivity contribution in [1.29, 1.82) is 0 Å². The number of nitrogens with zero attached hydrogens (tertiary/aromatic N) is 5. The van der Waals surface area contributed by atoms with E-state index in [0.29, 0.717) is 68.5 Å². The number of aromatic nitrogens is 2. The summed E-state index contributed by atoms with van der Waals surface area (Å²) in [7, 11) is 0. The Morgan fingerprint density at radius 3 is 2.43 bits per heavy atom. The van der Waals surface area contributed by atoms with Crippen LogP contribution in [0.5, 0.6) is 5.75 Å². The van der Waals surface area contributed by atoms with Crippen LogP contribution in [0.4, 0.5) is 4.79 Å². The first-order chi connectivity index (χ1) is 21.1. The molecule has 2 atom stereocenters. The summed E-state index contributed by atoms with van der Waals surface area (Å²) in [4.78, 5) is 51.4. The first-order valence-electron chi connectivity index (χ1n) is 15.4. The number of piperidine rings is 1. The Morgan fingerprint density at radius 1 is 1.00 bits per heavy atom. The molecule has 2 aliphatic rings. The molecule has 0 spiro atoms. The second-order valence-corrected chi connectivity index (χ2v) is 12.3. The van der Waals surface area contributed by atoms with E-state index in [2.05, 4.69) is 0 Å². The van der Waals surface area contributed by atoms with Gasteiger partial charge in [0.25, 0.3) is 5.91 Å². The first-order valence-corrected chi connectivity index (χ1v) is 15.4. The van der Waals surface area contributed by atoms with Crippen molar-refractivity contribution in [3.05, 3.63) is 66.1 Å². The lowest BCUT2D eigenvalue weighted by Gasteiger charge is -2.43. The molecule has 11 heteroatoms. The third-order valence-corrected chi connectivity index (χ3v) is 7.87. The van der Waals surface area contributed by atoms with Crippen LogP contribution >= 0.6 is 0 Å². The second-order valence-electron chi connectivity index (χ2n) is 12.3. The summed E-state index contributed by atoms with van der Waals surface area (Å²) in [6.45, 7) is 10.5. The highest BCUT2D eigenvalue weighted by Crippen LogP contribution is 2.28. The number of hydrogen-bond donors (Lipinski definition) is 0. The maximum absolute atomic E-state index is 14.5. The van der Waals surface area contributed by atoms with E-state index in [-0.39, 0.29) is 31.5 Å². The number of imidazole rings is 1. The fourth-order valence-corrected chi connectivity index (χ4v) is 5.85. The predicted molar refractivity (Wildman–Crippen MR) is 164 cm³/mol. The van der Waals surface area contributed by atoms with Crippen LogP contribution in [0.3, 0.4) is 0 Å². The van der Waals surface area contributed by atoms with Crippen LogP contribution in [-0.2, 0) is 20.9 Å². The van der Waals surface area contributed by atoms with Crippen molar-refractivity contribution in [2.45, 2.75) is 58.8 Å². The van der Waals surface area contributed by atoms with Crippen LogP contribution in [0.25, 0.3) is 5.65 Å². The van der Waals surface area contributed by atoms with Crippen molar-refractivity contribution in [3.63, 3.8) is 0 Å². The van der Waals surface area contributed by atoms with Gasteiger partial charge in [-0.15, -0.1) is 0 Å². The van der Waals surface area contributed by atoms with Crippen LogP contribution < -0.4 is 4.74 Å². The lowest BCUT2D eigenvalue weighted by molar-refractivity contribution is -0.142. The molecular weight excluding hydrogens is 562 g/mol. The van der Waals surface area contributed by atoms with Crippen LogP contribution in [0.15, 0.2) is 54.7 Å². The van der Waals surface area contributed by atoms with E-state index in [4.69, 9.17) is 19.2 Å². The zero-order valence-corrected chi connectivity index (χ0v) is 26.1. The fourth-order valence-electron chi connectivity index (χ4n) is 5.85. The van der Waals surface area contributed by atoms with Crippen molar-refractivity contribution in [1.82, 2.24) is 24.1 Å². The largest absolute Gasteiger partial charge is 0.487 e. The molecule has 3 aromatic rings. The van der Waals surface area contributed by atoms with Gasteiger partial charge in [0, 0.05) is 38.9 Å². The number of rotatable bonds is 8. The lowest BCUT2D eigenvalue weighted by atomic mass is 9.91. The zero-order chi connectivity index (χ0) is 31.3. The minimum absolute atomic E-state index is 0.0277. The molecule has 1 aromatic carbocycles. The Balaban J connectivity index is 1.46.